The fourth-order valence-electron chi connectivity index (χ4n) is 2.11. The minimum atomic E-state index is -0.253. The maximum absolute atomic E-state index is 12.1. The number of ether oxygens (including phenoxy) is 1. The van der Waals surface area contributed by atoms with Crippen molar-refractivity contribution in [1.29, 1.82) is 0 Å². The Morgan fingerprint density at radius 3 is 2.55 bits per heavy atom. The van der Waals surface area contributed by atoms with Gasteiger partial charge in [-0.1, -0.05) is 26.2 Å². The molecule has 0 aliphatic rings. The van der Waals surface area contributed by atoms with Gasteiger partial charge in [-0.3, -0.25) is 9.78 Å². The summed E-state index contributed by atoms with van der Waals surface area (Å²) < 4.78 is 5.09. The van der Waals surface area contributed by atoms with Gasteiger partial charge in [0.05, 0.1) is 7.11 Å². The van der Waals surface area contributed by atoms with Crippen LogP contribution in [0, 0.1) is 0 Å². The van der Waals surface area contributed by atoms with Gasteiger partial charge in [0.1, 0.15) is 5.75 Å². The largest absolute Gasteiger partial charge is 0.497 e. The molecule has 22 heavy (non-hydrogen) atoms. The topological polar surface area (TPSA) is 79.9 Å². The van der Waals surface area contributed by atoms with Crippen molar-refractivity contribution in [3.8, 4) is 17.0 Å². The fourth-order valence-corrected chi connectivity index (χ4v) is 2.11. The van der Waals surface area contributed by atoms with E-state index in [0.717, 1.165) is 18.7 Å². The molecule has 1 heterocycles. The maximum Gasteiger partial charge on any atom is 0.279 e. The molecule has 0 aliphatic carbocycles. The van der Waals surface area contributed by atoms with Crippen LogP contribution >= 0.6 is 0 Å². The summed E-state index contributed by atoms with van der Waals surface area (Å²) in [5, 5.41) is 11.1. The van der Waals surface area contributed by atoms with E-state index in [-0.39, 0.29) is 5.56 Å². The zero-order valence-electron chi connectivity index (χ0n) is 13.1. The first kappa shape index (κ1) is 16.0. The van der Waals surface area contributed by atoms with Gasteiger partial charge >= 0.3 is 0 Å². The van der Waals surface area contributed by atoms with Crippen LogP contribution in [0.15, 0.2) is 29.1 Å². The Kier molecular flexibility index (Phi) is 5.94. The molecule has 0 spiro atoms. The Morgan fingerprint density at radius 2 is 1.91 bits per heavy atom. The summed E-state index contributed by atoms with van der Waals surface area (Å²) in [6, 6.07) is 7.15. The minimum Gasteiger partial charge on any atom is -0.497 e. The molecule has 1 aromatic carbocycles. The van der Waals surface area contributed by atoms with E-state index < -0.39 is 0 Å². The highest BCUT2D eigenvalue weighted by atomic mass is 16.5. The predicted octanol–water partition coefficient (Wildman–Crippen LogP) is 2.83. The Hall–Kier alpha value is -2.37. The summed E-state index contributed by atoms with van der Waals surface area (Å²) in [7, 11) is 1.60. The van der Waals surface area contributed by atoms with Crippen molar-refractivity contribution in [3.05, 3.63) is 34.6 Å². The van der Waals surface area contributed by atoms with Crippen LogP contribution in [0.2, 0.25) is 0 Å². The minimum absolute atomic E-state index is 0.253. The predicted molar refractivity (Wildman–Crippen MR) is 87.3 cm³/mol. The van der Waals surface area contributed by atoms with Gasteiger partial charge in [0.2, 0.25) is 5.95 Å². The highest BCUT2D eigenvalue weighted by molar-refractivity contribution is 5.58. The van der Waals surface area contributed by atoms with Gasteiger partial charge in [-0.2, -0.15) is 0 Å². The molecule has 0 aliphatic heterocycles. The molecule has 0 bridgehead atoms. The number of nitrogens with one attached hydrogen (secondary N) is 2. The lowest BCUT2D eigenvalue weighted by Gasteiger charge is -2.05. The smallest absolute Gasteiger partial charge is 0.279 e. The summed E-state index contributed by atoms with van der Waals surface area (Å²) in [5.74, 6) is 1.15. The van der Waals surface area contributed by atoms with E-state index in [9.17, 15) is 4.79 Å². The van der Waals surface area contributed by atoms with E-state index in [1.54, 1.807) is 31.4 Å². The number of rotatable bonds is 8. The molecule has 1 aromatic heterocycles. The van der Waals surface area contributed by atoms with Crippen LogP contribution in [-0.4, -0.2) is 28.8 Å². The normalized spacial score (nSPS) is 10.5. The number of aromatic amines is 1. The second kappa shape index (κ2) is 8.17. The lowest BCUT2D eigenvalue weighted by atomic mass is 10.1. The van der Waals surface area contributed by atoms with E-state index in [2.05, 4.69) is 27.4 Å². The van der Waals surface area contributed by atoms with Gasteiger partial charge in [0.15, 0.2) is 5.69 Å². The van der Waals surface area contributed by atoms with Crippen LogP contribution < -0.4 is 15.6 Å². The molecule has 2 rings (SSSR count). The third-order valence-electron chi connectivity index (χ3n) is 3.38. The molecule has 0 saturated heterocycles. The molecule has 0 radical (unpaired) electrons. The first-order valence-electron chi connectivity index (χ1n) is 7.60. The monoisotopic (exact) mass is 302 g/mol. The molecule has 2 aromatic rings. The van der Waals surface area contributed by atoms with Crippen LogP contribution in [0.4, 0.5) is 5.95 Å². The number of H-pyrrole nitrogens is 1. The Balaban J connectivity index is 2.01. The molecular formula is C16H22N4O2. The third-order valence-corrected chi connectivity index (χ3v) is 3.38. The number of hydrogen-bond acceptors (Lipinski definition) is 5. The average molecular weight is 302 g/mol. The Morgan fingerprint density at radius 1 is 1.14 bits per heavy atom. The van der Waals surface area contributed by atoms with Gasteiger partial charge in [0, 0.05) is 12.1 Å². The van der Waals surface area contributed by atoms with Crippen LogP contribution in [0.5, 0.6) is 5.75 Å². The molecule has 6 heteroatoms. The standard InChI is InChI=1S/C16H22N4O2/c1-3-4-5-6-11-17-16-18-15(21)14(19-20-16)12-7-9-13(22-2)10-8-12/h7-10H,3-6,11H2,1-2H3,(H2,17,18,20,21). The Labute approximate surface area is 129 Å². The molecule has 0 unspecified atom stereocenters. The molecule has 0 amide bonds. The van der Waals surface area contributed by atoms with Crippen molar-refractivity contribution in [1.82, 2.24) is 15.2 Å². The first-order chi connectivity index (χ1) is 10.7. The Bertz CT molecular complexity index is 637. The van der Waals surface area contributed by atoms with Crippen LogP contribution in [0.1, 0.15) is 32.6 Å². The van der Waals surface area contributed by atoms with Gasteiger partial charge in [-0.05, 0) is 30.7 Å². The second-order valence-corrected chi connectivity index (χ2v) is 5.07. The molecule has 0 fully saturated rings. The lowest BCUT2D eigenvalue weighted by Crippen LogP contribution is -2.17. The molecule has 118 valence electrons. The van der Waals surface area contributed by atoms with Crippen molar-refractivity contribution in [3.63, 3.8) is 0 Å². The highest BCUT2D eigenvalue weighted by Crippen LogP contribution is 2.17. The average Bonchev–Trinajstić information content (AvgIpc) is 2.55. The summed E-state index contributed by atoms with van der Waals surface area (Å²) in [5.41, 5.74) is 0.763. The summed E-state index contributed by atoms with van der Waals surface area (Å²) in [6.45, 7) is 2.96. The summed E-state index contributed by atoms with van der Waals surface area (Å²) >= 11 is 0. The maximum atomic E-state index is 12.1. The van der Waals surface area contributed by atoms with Gasteiger partial charge in [-0.25, -0.2) is 0 Å². The first-order valence-corrected chi connectivity index (χ1v) is 7.60. The number of nitrogens with zero attached hydrogens (tertiary/aromatic N) is 2. The van der Waals surface area contributed by atoms with E-state index in [1.165, 1.54) is 19.3 Å². The van der Waals surface area contributed by atoms with Gasteiger partial charge in [0.25, 0.3) is 5.56 Å². The molecular weight excluding hydrogens is 280 g/mol. The van der Waals surface area contributed by atoms with Gasteiger partial charge < -0.3 is 10.1 Å². The van der Waals surface area contributed by atoms with Crippen LogP contribution in [0.25, 0.3) is 11.3 Å². The summed E-state index contributed by atoms with van der Waals surface area (Å²) in [6.07, 6.45) is 4.65. The van der Waals surface area contributed by atoms with E-state index in [4.69, 9.17) is 4.74 Å². The fraction of sp³-hybridized carbons (Fsp3) is 0.438. The molecule has 6 nitrogen and oxygen atoms in total. The van der Waals surface area contributed by atoms with Crippen molar-refractivity contribution in [2.75, 3.05) is 19.0 Å². The van der Waals surface area contributed by atoms with Crippen molar-refractivity contribution in [2.45, 2.75) is 32.6 Å². The summed E-state index contributed by atoms with van der Waals surface area (Å²) in [4.78, 5) is 14.8. The highest BCUT2D eigenvalue weighted by Gasteiger charge is 2.07. The number of benzene rings is 1. The zero-order valence-corrected chi connectivity index (χ0v) is 13.1. The molecule has 0 atom stereocenters. The number of methoxy groups -OCH3 is 1. The number of unbranched alkanes of at least 4 members (excludes halogenated alkanes) is 3. The quantitative estimate of drug-likeness (QED) is 0.733. The van der Waals surface area contributed by atoms with Crippen LogP contribution in [-0.2, 0) is 0 Å². The van der Waals surface area contributed by atoms with Crippen molar-refractivity contribution in [2.24, 2.45) is 0 Å². The molecule has 0 saturated carbocycles. The van der Waals surface area contributed by atoms with Gasteiger partial charge in [-0.15, -0.1) is 10.2 Å². The molecule has 2 N–H and O–H groups in total. The zero-order chi connectivity index (χ0) is 15.8. The SMILES string of the molecule is CCCCCCNc1nnc(-c2ccc(OC)cc2)c(=O)[nH]1. The second-order valence-electron chi connectivity index (χ2n) is 5.07. The third kappa shape index (κ3) is 4.31. The van der Waals surface area contributed by atoms with E-state index in [0.29, 0.717) is 17.2 Å². The number of aromatic nitrogens is 3. The van der Waals surface area contributed by atoms with Crippen molar-refractivity contribution >= 4 is 5.95 Å². The van der Waals surface area contributed by atoms with E-state index in [1.807, 2.05) is 0 Å². The van der Waals surface area contributed by atoms with Crippen LogP contribution in [0.3, 0.4) is 0 Å². The number of anilines is 1. The lowest BCUT2D eigenvalue weighted by molar-refractivity contribution is 0.415. The van der Waals surface area contributed by atoms with E-state index >= 15 is 0 Å². The number of hydrogen-bond donors (Lipinski definition) is 2. The van der Waals surface area contributed by atoms with Crippen molar-refractivity contribution < 1.29 is 4.74 Å².